The Bertz CT molecular complexity index is 365. The van der Waals surface area contributed by atoms with E-state index in [1.165, 1.54) is 23.9 Å². The van der Waals surface area contributed by atoms with Crippen LogP contribution in [0.5, 0.6) is 0 Å². The number of nitrogens with one attached hydrogen (secondary N) is 1. The van der Waals surface area contributed by atoms with E-state index in [0.717, 1.165) is 0 Å². The molecule has 6 heteroatoms. The van der Waals surface area contributed by atoms with Gasteiger partial charge in [-0.1, -0.05) is 0 Å². The summed E-state index contributed by atoms with van der Waals surface area (Å²) in [5.74, 6) is 0.310. The van der Waals surface area contributed by atoms with E-state index < -0.39 is 5.60 Å². The van der Waals surface area contributed by atoms with Crippen LogP contribution >= 0.6 is 23.4 Å². The zero-order valence-electron chi connectivity index (χ0n) is 9.12. The van der Waals surface area contributed by atoms with Crippen molar-refractivity contribution in [3.8, 4) is 0 Å². The molecule has 0 spiro atoms. The Morgan fingerprint density at radius 1 is 1.69 bits per heavy atom. The number of carbonyl (C=O) groups is 1. The third-order valence-electron chi connectivity index (χ3n) is 1.88. The first kappa shape index (κ1) is 13.4. The van der Waals surface area contributed by atoms with Gasteiger partial charge in [0.2, 0.25) is 0 Å². The topological polar surface area (TPSA) is 62.5 Å². The quantitative estimate of drug-likeness (QED) is 0.850. The summed E-state index contributed by atoms with van der Waals surface area (Å²) in [6.07, 6.45) is 1.89. The molecule has 1 aromatic heterocycles. The fourth-order valence-electron chi connectivity index (χ4n) is 1.16. The number of aliphatic hydroxyl groups is 1. The lowest BCUT2D eigenvalue weighted by molar-refractivity contribution is 0.0710. The van der Waals surface area contributed by atoms with Crippen LogP contribution in [0.25, 0.3) is 0 Å². The standard InChI is InChI=1S/C10H14ClNO3S/c1-10(14,6-16-2)5-12-9(13)7-3-4-8(11)15-7/h3-4,14H,5-6H2,1-2H3,(H,12,13). The van der Waals surface area contributed by atoms with Crippen LogP contribution in [-0.4, -0.2) is 35.2 Å². The van der Waals surface area contributed by atoms with Gasteiger partial charge in [0.1, 0.15) is 0 Å². The van der Waals surface area contributed by atoms with E-state index in [-0.39, 0.29) is 23.4 Å². The maximum atomic E-state index is 11.5. The van der Waals surface area contributed by atoms with Crippen molar-refractivity contribution in [1.29, 1.82) is 0 Å². The third kappa shape index (κ3) is 4.08. The van der Waals surface area contributed by atoms with Crippen molar-refractivity contribution >= 4 is 29.3 Å². The SMILES string of the molecule is CSCC(C)(O)CNC(=O)c1ccc(Cl)o1. The maximum absolute atomic E-state index is 11.5. The second-order valence-electron chi connectivity index (χ2n) is 3.72. The van der Waals surface area contributed by atoms with Gasteiger partial charge in [0, 0.05) is 12.3 Å². The first-order valence-corrected chi connectivity index (χ1v) is 6.47. The lowest BCUT2D eigenvalue weighted by atomic mass is 10.1. The van der Waals surface area contributed by atoms with Crippen LogP contribution in [0.2, 0.25) is 5.22 Å². The van der Waals surface area contributed by atoms with Gasteiger partial charge in [0.25, 0.3) is 5.91 Å². The number of amides is 1. The van der Waals surface area contributed by atoms with Crippen molar-refractivity contribution in [1.82, 2.24) is 5.32 Å². The van der Waals surface area contributed by atoms with Crippen molar-refractivity contribution in [2.24, 2.45) is 0 Å². The van der Waals surface area contributed by atoms with E-state index in [2.05, 4.69) is 5.32 Å². The van der Waals surface area contributed by atoms with Gasteiger partial charge >= 0.3 is 0 Å². The smallest absolute Gasteiger partial charge is 0.287 e. The first-order chi connectivity index (χ1) is 7.44. The van der Waals surface area contributed by atoms with Crippen LogP contribution in [0, 0.1) is 0 Å². The summed E-state index contributed by atoms with van der Waals surface area (Å²) in [4.78, 5) is 11.5. The molecule has 1 rings (SSSR count). The van der Waals surface area contributed by atoms with Crippen molar-refractivity contribution < 1.29 is 14.3 Å². The Morgan fingerprint density at radius 3 is 2.88 bits per heavy atom. The molecule has 1 amide bonds. The Hall–Kier alpha value is -0.650. The van der Waals surface area contributed by atoms with E-state index in [1.807, 2.05) is 6.26 Å². The normalized spacial score (nSPS) is 14.5. The fraction of sp³-hybridized carbons (Fsp3) is 0.500. The molecule has 1 unspecified atom stereocenters. The highest BCUT2D eigenvalue weighted by Gasteiger charge is 2.21. The molecule has 0 saturated heterocycles. The van der Waals surface area contributed by atoms with Crippen molar-refractivity contribution in [2.75, 3.05) is 18.6 Å². The molecular formula is C10H14ClNO3S. The molecule has 16 heavy (non-hydrogen) atoms. The highest BCUT2D eigenvalue weighted by molar-refractivity contribution is 7.98. The molecule has 0 saturated carbocycles. The zero-order valence-corrected chi connectivity index (χ0v) is 10.7. The molecule has 0 aliphatic carbocycles. The molecule has 0 fully saturated rings. The Kier molecular flexibility index (Phi) is 4.70. The van der Waals surface area contributed by atoms with Crippen LogP contribution in [0.3, 0.4) is 0 Å². The van der Waals surface area contributed by atoms with E-state index in [9.17, 15) is 9.90 Å². The molecule has 1 atom stereocenters. The number of halogens is 1. The predicted octanol–water partition coefficient (Wildman–Crippen LogP) is 1.78. The molecule has 90 valence electrons. The summed E-state index contributed by atoms with van der Waals surface area (Å²) < 4.78 is 4.94. The van der Waals surface area contributed by atoms with E-state index >= 15 is 0 Å². The minimum Gasteiger partial charge on any atom is -0.440 e. The van der Waals surface area contributed by atoms with Gasteiger partial charge in [-0.2, -0.15) is 11.8 Å². The second-order valence-corrected chi connectivity index (χ2v) is 4.95. The van der Waals surface area contributed by atoms with Gasteiger partial charge in [-0.25, -0.2) is 0 Å². The van der Waals surface area contributed by atoms with Gasteiger partial charge < -0.3 is 14.8 Å². The highest BCUT2D eigenvalue weighted by atomic mass is 35.5. The summed E-state index contributed by atoms with van der Waals surface area (Å²) >= 11 is 7.06. The zero-order chi connectivity index (χ0) is 12.2. The summed E-state index contributed by atoms with van der Waals surface area (Å²) in [7, 11) is 0. The molecule has 0 radical (unpaired) electrons. The minimum absolute atomic E-state index is 0.143. The average molecular weight is 264 g/mol. The van der Waals surface area contributed by atoms with E-state index in [1.54, 1.807) is 6.92 Å². The van der Waals surface area contributed by atoms with Gasteiger partial charge in [-0.15, -0.1) is 0 Å². The van der Waals surface area contributed by atoms with E-state index in [0.29, 0.717) is 5.75 Å². The summed E-state index contributed by atoms with van der Waals surface area (Å²) in [6, 6.07) is 2.98. The molecule has 1 heterocycles. The maximum Gasteiger partial charge on any atom is 0.287 e. The number of rotatable bonds is 5. The molecule has 0 bridgehead atoms. The predicted molar refractivity (Wildman–Crippen MR) is 65.1 cm³/mol. The first-order valence-electron chi connectivity index (χ1n) is 4.69. The van der Waals surface area contributed by atoms with Crippen LogP contribution in [0.1, 0.15) is 17.5 Å². The summed E-state index contributed by atoms with van der Waals surface area (Å²) in [5.41, 5.74) is -0.925. The van der Waals surface area contributed by atoms with Crippen LogP contribution in [0.15, 0.2) is 16.5 Å². The van der Waals surface area contributed by atoms with E-state index in [4.69, 9.17) is 16.0 Å². The van der Waals surface area contributed by atoms with Gasteiger partial charge in [0.05, 0.1) is 5.60 Å². The van der Waals surface area contributed by atoms with Crippen LogP contribution < -0.4 is 5.32 Å². The average Bonchev–Trinajstić information content (AvgIpc) is 2.61. The second kappa shape index (κ2) is 5.61. The summed E-state index contributed by atoms with van der Waals surface area (Å²) in [6.45, 7) is 1.84. The molecule has 0 aliphatic heterocycles. The molecule has 0 aromatic carbocycles. The lowest BCUT2D eigenvalue weighted by Crippen LogP contribution is -2.42. The fourth-order valence-corrected chi connectivity index (χ4v) is 2.03. The van der Waals surface area contributed by atoms with Crippen molar-refractivity contribution in [2.45, 2.75) is 12.5 Å². The molecule has 1 aromatic rings. The molecule has 0 aliphatic rings. The molecule has 4 nitrogen and oxygen atoms in total. The van der Waals surface area contributed by atoms with Crippen molar-refractivity contribution in [3.05, 3.63) is 23.1 Å². The Morgan fingerprint density at radius 2 is 2.38 bits per heavy atom. The van der Waals surface area contributed by atoms with Crippen LogP contribution in [0.4, 0.5) is 0 Å². The Labute approximate surface area is 103 Å². The van der Waals surface area contributed by atoms with Crippen molar-refractivity contribution in [3.63, 3.8) is 0 Å². The number of hydrogen-bond acceptors (Lipinski definition) is 4. The third-order valence-corrected chi connectivity index (χ3v) is 3.00. The summed E-state index contributed by atoms with van der Waals surface area (Å²) in [5, 5.41) is 12.6. The Balaban J connectivity index is 2.47. The molecular weight excluding hydrogens is 250 g/mol. The number of thioether (sulfide) groups is 1. The van der Waals surface area contributed by atoms with Gasteiger partial charge in [-0.3, -0.25) is 4.79 Å². The number of furan rings is 1. The minimum atomic E-state index is -0.925. The highest BCUT2D eigenvalue weighted by Crippen LogP contribution is 2.13. The number of hydrogen-bond donors (Lipinski definition) is 2. The monoisotopic (exact) mass is 263 g/mol. The number of carbonyl (C=O) groups excluding carboxylic acids is 1. The van der Waals surface area contributed by atoms with Crippen LogP contribution in [-0.2, 0) is 0 Å². The largest absolute Gasteiger partial charge is 0.440 e. The lowest BCUT2D eigenvalue weighted by Gasteiger charge is -2.22. The molecule has 2 N–H and O–H groups in total. The van der Waals surface area contributed by atoms with Gasteiger partial charge in [0.15, 0.2) is 11.0 Å². The van der Waals surface area contributed by atoms with Gasteiger partial charge in [-0.05, 0) is 36.9 Å².